The van der Waals surface area contributed by atoms with Crippen LogP contribution in [0.5, 0.6) is 5.75 Å². The summed E-state index contributed by atoms with van der Waals surface area (Å²) in [5, 5.41) is 21.8. The third kappa shape index (κ3) is 6.02. The summed E-state index contributed by atoms with van der Waals surface area (Å²) in [7, 11) is 0. The van der Waals surface area contributed by atoms with E-state index in [2.05, 4.69) is 27.3 Å². The predicted octanol–water partition coefficient (Wildman–Crippen LogP) is 4.51. The lowest BCUT2D eigenvalue weighted by molar-refractivity contribution is -0.112. The van der Waals surface area contributed by atoms with E-state index in [0.29, 0.717) is 18.3 Å². The highest BCUT2D eigenvalue weighted by Gasteiger charge is 2.20. The molecule has 1 amide bonds. The minimum Gasteiger partial charge on any atom is -0.492 e. The van der Waals surface area contributed by atoms with Gasteiger partial charge in [0, 0.05) is 25.0 Å². The van der Waals surface area contributed by atoms with Gasteiger partial charge in [0.1, 0.15) is 24.0 Å². The Labute approximate surface area is 203 Å². The van der Waals surface area contributed by atoms with Crippen molar-refractivity contribution in [2.24, 2.45) is 5.92 Å². The first-order valence-corrected chi connectivity index (χ1v) is 12.2. The zero-order chi connectivity index (χ0) is 23.9. The van der Waals surface area contributed by atoms with Crippen molar-refractivity contribution in [1.82, 2.24) is 14.8 Å². The van der Waals surface area contributed by atoms with E-state index < -0.39 is 5.91 Å². The maximum Gasteiger partial charge on any atom is 0.268 e. The molecule has 0 spiro atoms. The van der Waals surface area contributed by atoms with Gasteiger partial charge in [-0.05, 0) is 61.6 Å². The number of piperidine rings is 1. The molecule has 0 aliphatic carbocycles. The standard InChI is InChI=1S/C25H28N6O2S/c1-18-8-11-31(12-9-18)25-29-28-24(34-25)27-23(32)20(17-26)16-21-6-4-10-30(21)13-14-33-22-7-3-5-19(2)15-22/h3-7,10,15-16,18H,8-9,11-14H2,1-2H3,(H,27,28,32)/b20-16-. The van der Waals surface area contributed by atoms with Crippen LogP contribution in [0.25, 0.3) is 6.08 Å². The van der Waals surface area contributed by atoms with Gasteiger partial charge >= 0.3 is 0 Å². The summed E-state index contributed by atoms with van der Waals surface area (Å²) in [6, 6.07) is 13.6. The van der Waals surface area contributed by atoms with E-state index in [4.69, 9.17) is 4.74 Å². The fourth-order valence-electron chi connectivity index (χ4n) is 3.78. The molecule has 1 aliphatic rings. The van der Waals surface area contributed by atoms with E-state index >= 15 is 0 Å². The number of rotatable bonds is 8. The molecule has 4 rings (SSSR count). The number of amides is 1. The van der Waals surface area contributed by atoms with Gasteiger partial charge in [0.2, 0.25) is 10.3 Å². The average molecular weight is 477 g/mol. The molecule has 1 aliphatic heterocycles. The van der Waals surface area contributed by atoms with Crippen molar-refractivity contribution in [3.8, 4) is 11.8 Å². The van der Waals surface area contributed by atoms with E-state index in [1.165, 1.54) is 11.3 Å². The maximum absolute atomic E-state index is 12.7. The molecule has 1 N–H and O–H groups in total. The zero-order valence-electron chi connectivity index (χ0n) is 19.4. The van der Waals surface area contributed by atoms with Crippen LogP contribution in [0.1, 0.15) is 31.0 Å². The molecule has 2 aromatic heterocycles. The molecule has 1 aromatic carbocycles. The monoisotopic (exact) mass is 476 g/mol. The Hall–Kier alpha value is -3.64. The number of carbonyl (C=O) groups is 1. The number of benzene rings is 1. The van der Waals surface area contributed by atoms with Crippen molar-refractivity contribution in [2.75, 3.05) is 29.9 Å². The lowest BCUT2D eigenvalue weighted by Crippen LogP contribution is -2.32. The minimum atomic E-state index is -0.499. The van der Waals surface area contributed by atoms with Gasteiger partial charge in [0.05, 0.1) is 6.54 Å². The van der Waals surface area contributed by atoms with Crippen LogP contribution in [0.3, 0.4) is 0 Å². The second kappa shape index (κ2) is 11.0. The van der Waals surface area contributed by atoms with Crippen molar-refractivity contribution >= 4 is 33.6 Å². The van der Waals surface area contributed by atoms with Gasteiger partial charge in [-0.25, -0.2) is 0 Å². The van der Waals surface area contributed by atoms with E-state index in [-0.39, 0.29) is 5.57 Å². The van der Waals surface area contributed by atoms with Crippen LogP contribution in [-0.2, 0) is 11.3 Å². The second-order valence-corrected chi connectivity index (χ2v) is 9.43. The highest BCUT2D eigenvalue weighted by Crippen LogP contribution is 2.28. The van der Waals surface area contributed by atoms with Crippen molar-refractivity contribution in [3.05, 3.63) is 59.4 Å². The van der Waals surface area contributed by atoms with Gasteiger partial charge in [0.15, 0.2) is 0 Å². The average Bonchev–Trinajstić information content (AvgIpc) is 3.47. The van der Waals surface area contributed by atoms with Crippen LogP contribution >= 0.6 is 11.3 Å². The van der Waals surface area contributed by atoms with Gasteiger partial charge in [-0.15, -0.1) is 10.2 Å². The molecule has 34 heavy (non-hydrogen) atoms. The molecule has 1 saturated heterocycles. The van der Waals surface area contributed by atoms with Crippen LogP contribution in [0.4, 0.5) is 10.3 Å². The summed E-state index contributed by atoms with van der Waals surface area (Å²) in [6.07, 6.45) is 5.72. The summed E-state index contributed by atoms with van der Waals surface area (Å²) >= 11 is 1.33. The summed E-state index contributed by atoms with van der Waals surface area (Å²) in [4.78, 5) is 14.9. The first-order chi connectivity index (χ1) is 16.5. The van der Waals surface area contributed by atoms with Crippen LogP contribution < -0.4 is 15.0 Å². The molecule has 0 saturated carbocycles. The Balaban J connectivity index is 1.36. The molecule has 1 fully saturated rings. The number of hydrogen-bond acceptors (Lipinski definition) is 7. The van der Waals surface area contributed by atoms with Gasteiger partial charge in [-0.2, -0.15) is 5.26 Å². The van der Waals surface area contributed by atoms with E-state index in [9.17, 15) is 10.1 Å². The fourth-order valence-corrected chi connectivity index (χ4v) is 4.58. The SMILES string of the molecule is Cc1cccc(OCCn2cccc2/C=C(/C#N)C(=O)Nc2nnc(N3CCC(C)CC3)s2)c1. The largest absolute Gasteiger partial charge is 0.492 e. The van der Waals surface area contributed by atoms with Gasteiger partial charge < -0.3 is 14.2 Å². The van der Waals surface area contributed by atoms with Crippen LogP contribution in [0.15, 0.2) is 48.2 Å². The normalized spacial score (nSPS) is 14.6. The molecule has 3 heterocycles. The molecule has 176 valence electrons. The highest BCUT2D eigenvalue weighted by atomic mass is 32.1. The molecule has 0 radical (unpaired) electrons. The molecular weight excluding hydrogens is 448 g/mol. The van der Waals surface area contributed by atoms with Gasteiger partial charge in [-0.1, -0.05) is 30.4 Å². The Bertz CT molecular complexity index is 1200. The lowest BCUT2D eigenvalue weighted by atomic mass is 10.00. The molecule has 3 aromatic rings. The fraction of sp³-hybridized carbons (Fsp3) is 0.360. The van der Waals surface area contributed by atoms with Gasteiger partial charge in [-0.3, -0.25) is 10.1 Å². The minimum absolute atomic E-state index is 0.00287. The summed E-state index contributed by atoms with van der Waals surface area (Å²) in [6.45, 7) is 7.21. The summed E-state index contributed by atoms with van der Waals surface area (Å²) in [5.41, 5.74) is 1.89. The third-order valence-corrected chi connectivity index (χ3v) is 6.70. The first-order valence-electron chi connectivity index (χ1n) is 11.4. The summed E-state index contributed by atoms with van der Waals surface area (Å²) in [5.74, 6) is 1.04. The number of nitrogens with zero attached hydrogens (tertiary/aromatic N) is 5. The number of aromatic nitrogens is 3. The maximum atomic E-state index is 12.7. The molecular formula is C25H28N6O2S. The Morgan fingerprint density at radius 1 is 1.29 bits per heavy atom. The smallest absolute Gasteiger partial charge is 0.268 e. The predicted molar refractivity (Wildman–Crippen MR) is 134 cm³/mol. The van der Waals surface area contributed by atoms with E-state index in [0.717, 1.165) is 54.0 Å². The number of nitriles is 1. The molecule has 9 heteroatoms. The molecule has 0 unspecified atom stereocenters. The number of nitrogens with one attached hydrogen (secondary N) is 1. The molecule has 0 bridgehead atoms. The van der Waals surface area contributed by atoms with E-state index in [1.807, 2.05) is 60.2 Å². The highest BCUT2D eigenvalue weighted by molar-refractivity contribution is 7.19. The Kier molecular flexibility index (Phi) is 7.60. The van der Waals surface area contributed by atoms with Crippen molar-refractivity contribution < 1.29 is 9.53 Å². The third-order valence-electron chi connectivity index (χ3n) is 5.80. The number of carbonyl (C=O) groups excluding carboxylic acids is 1. The topological polar surface area (TPSA) is 96.1 Å². The van der Waals surface area contributed by atoms with Crippen molar-refractivity contribution in [1.29, 1.82) is 5.26 Å². The number of hydrogen-bond donors (Lipinski definition) is 1. The Morgan fingerprint density at radius 2 is 2.12 bits per heavy atom. The Morgan fingerprint density at radius 3 is 2.88 bits per heavy atom. The van der Waals surface area contributed by atoms with Crippen molar-refractivity contribution in [2.45, 2.75) is 33.2 Å². The first kappa shape index (κ1) is 23.5. The zero-order valence-corrected chi connectivity index (χ0v) is 20.2. The van der Waals surface area contributed by atoms with Crippen LogP contribution in [0.2, 0.25) is 0 Å². The number of anilines is 2. The second-order valence-electron chi connectivity index (χ2n) is 8.47. The number of aryl methyl sites for hydroxylation is 1. The van der Waals surface area contributed by atoms with Crippen LogP contribution in [0, 0.1) is 24.2 Å². The lowest BCUT2D eigenvalue weighted by Gasteiger charge is -2.29. The van der Waals surface area contributed by atoms with Gasteiger partial charge in [0.25, 0.3) is 5.91 Å². The van der Waals surface area contributed by atoms with Crippen molar-refractivity contribution in [3.63, 3.8) is 0 Å². The van der Waals surface area contributed by atoms with E-state index in [1.54, 1.807) is 6.08 Å². The van der Waals surface area contributed by atoms with Crippen LogP contribution in [-0.4, -0.2) is 40.4 Å². The number of ether oxygens (including phenoxy) is 1. The molecule has 0 atom stereocenters. The quantitative estimate of drug-likeness (QED) is 0.380. The summed E-state index contributed by atoms with van der Waals surface area (Å²) < 4.78 is 7.77. The molecule has 8 nitrogen and oxygen atoms in total.